The molecule has 3 heteroatoms. The minimum atomic E-state index is 0.760. The Morgan fingerprint density at radius 2 is 2.14 bits per heavy atom. The van der Waals surface area contributed by atoms with E-state index in [1.807, 2.05) is 25.1 Å². The molecule has 0 aliphatic heterocycles. The van der Waals surface area contributed by atoms with Gasteiger partial charge in [0.15, 0.2) is 0 Å². The summed E-state index contributed by atoms with van der Waals surface area (Å²) in [5.41, 5.74) is 1.09. The van der Waals surface area contributed by atoms with E-state index >= 15 is 0 Å². The lowest BCUT2D eigenvalue weighted by atomic mass is 10.2. The van der Waals surface area contributed by atoms with E-state index in [0.717, 1.165) is 41.1 Å². The predicted molar refractivity (Wildman–Crippen MR) is 64.7 cm³/mol. The van der Waals surface area contributed by atoms with Gasteiger partial charge in [0.05, 0.1) is 6.61 Å². The molecule has 0 aromatic heterocycles. The van der Waals surface area contributed by atoms with Crippen LogP contribution < -0.4 is 4.74 Å². The monoisotopic (exact) mass is 276 g/mol. The van der Waals surface area contributed by atoms with Crippen LogP contribution in [-0.4, -0.2) is 11.9 Å². The minimum absolute atomic E-state index is 0.760. The second-order valence-electron chi connectivity index (χ2n) is 3.15. The van der Waals surface area contributed by atoms with Crippen molar-refractivity contribution in [3.8, 4) is 5.75 Å². The lowest BCUT2D eigenvalue weighted by Gasteiger charge is -2.08. The molecule has 0 aliphatic carbocycles. The Morgan fingerprint density at radius 3 is 2.79 bits per heavy atom. The standard InChI is InChI=1S/C11H14BrClO/c1-9-8-10(13)4-5-11(9)14-7-3-2-6-12/h4-5,8H,2-3,6-7H2,1H3. The molecule has 0 amide bonds. The van der Waals surface area contributed by atoms with Crippen LogP contribution in [-0.2, 0) is 0 Å². The topological polar surface area (TPSA) is 9.23 Å². The molecular weight excluding hydrogens is 263 g/mol. The first-order chi connectivity index (χ1) is 6.74. The van der Waals surface area contributed by atoms with Gasteiger partial charge in [0.25, 0.3) is 0 Å². The molecule has 0 atom stereocenters. The summed E-state index contributed by atoms with van der Waals surface area (Å²) in [6.45, 7) is 2.78. The van der Waals surface area contributed by atoms with Crippen molar-refractivity contribution in [1.82, 2.24) is 0 Å². The van der Waals surface area contributed by atoms with E-state index in [4.69, 9.17) is 16.3 Å². The van der Waals surface area contributed by atoms with Crippen LogP contribution >= 0.6 is 27.5 Å². The summed E-state index contributed by atoms with van der Waals surface area (Å²) in [4.78, 5) is 0. The molecule has 0 heterocycles. The third-order valence-corrected chi connectivity index (χ3v) is 2.72. The van der Waals surface area contributed by atoms with Crippen molar-refractivity contribution in [2.24, 2.45) is 0 Å². The molecule has 78 valence electrons. The van der Waals surface area contributed by atoms with E-state index in [9.17, 15) is 0 Å². The zero-order chi connectivity index (χ0) is 10.4. The van der Waals surface area contributed by atoms with Crippen LogP contribution in [0.3, 0.4) is 0 Å². The Labute approximate surface area is 98.5 Å². The average molecular weight is 278 g/mol. The first-order valence-corrected chi connectivity index (χ1v) is 6.19. The normalized spacial score (nSPS) is 10.2. The number of alkyl halides is 1. The van der Waals surface area contributed by atoms with Crippen LogP contribution in [0.5, 0.6) is 5.75 Å². The molecule has 0 saturated heterocycles. The number of aryl methyl sites for hydroxylation is 1. The van der Waals surface area contributed by atoms with Gasteiger partial charge in [-0.3, -0.25) is 0 Å². The highest BCUT2D eigenvalue weighted by molar-refractivity contribution is 9.09. The van der Waals surface area contributed by atoms with E-state index in [-0.39, 0.29) is 0 Å². The van der Waals surface area contributed by atoms with Gasteiger partial charge in [-0.05, 0) is 43.5 Å². The molecule has 1 aromatic carbocycles. The van der Waals surface area contributed by atoms with Gasteiger partial charge in [-0.25, -0.2) is 0 Å². The van der Waals surface area contributed by atoms with Crippen molar-refractivity contribution >= 4 is 27.5 Å². The van der Waals surface area contributed by atoms with Gasteiger partial charge < -0.3 is 4.74 Å². The van der Waals surface area contributed by atoms with Crippen molar-refractivity contribution in [3.63, 3.8) is 0 Å². The number of hydrogen-bond donors (Lipinski definition) is 0. The Morgan fingerprint density at radius 1 is 1.36 bits per heavy atom. The van der Waals surface area contributed by atoms with Gasteiger partial charge >= 0.3 is 0 Å². The average Bonchev–Trinajstić information content (AvgIpc) is 2.15. The predicted octanol–water partition coefficient (Wildman–Crippen LogP) is 4.20. The molecule has 1 nitrogen and oxygen atoms in total. The van der Waals surface area contributed by atoms with Crippen LogP contribution in [0.4, 0.5) is 0 Å². The fourth-order valence-corrected chi connectivity index (χ4v) is 1.78. The third kappa shape index (κ3) is 3.89. The van der Waals surface area contributed by atoms with Gasteiger partial charge in [-0.1, -0.05) is 27.5 Å². The Hall–Kier alpha value is -0.210. The zero-order valence-corrected chi connectivity index (χ0v) is 10.6. The first kappa shape index (κ1) is 11.9. The van der Waals surface area contributed by atoms with Gasteiger partial charge in [-0.2, -0.15) is 0 Å². The lowest BCUT2D eigenvalue weighted by Crippen LogP contribution is -1.98. The number of hydrogen-bond acceptors (Lipinski definition) is 1. The molecule has 0 saturated carbocycles. The molecule has 0 bridgehead atoms. The molecule has 0 radical (unpaired) electrons. The smallest absolute Gasteiger partial charge is 0.122 e. The van der Waals surface area contributed by atoms with E-state index in [1.54, 1.807) is 0 Å². The molecular formula is C11H14BrClO. The van der Waals surface area contributed by atoms with Gasteiger partial charge in [0, 0.05) is 10.4 Å². The molecule has 0 spiro atoms. The van der Waals surface area contributed by atoms with Crippen molar-refractivity contribution in [3.05, 3.63) is 28.8 Å². The second kappa shape index (κ2) is 6.31. The zero-order valence-electron chi connectivity index (χ0n) is 8.22. The van der Waals surface area contributed by atoms with E-state index in [1.165, 1.54) is 0 Å². The maximum Gasteiger partial charge on any atom is 0.122 e. The third-order valence-electron chi connectivity index (χ3n) is 1.92. The quantitative estimate of drug-likeness (QED) is 0.579. The van der Waals surface area contributed by atoms with Gasteiger partial charge in [0.1, 0.15) is 5.75 Å². The minimum Gasteiger partial charge on any atom is -0.493 e. The summed E-state index contributed by atoms with van der Waals surface area (Å²) in [6.07, 6.45) is 2.22. The van der Waals surface area contributed by atoms with E-state index in [0.29, 0.717) is 0 Å². The molecule has 1 aromatic rings. The van der Waals surface area contributed by atoms with E-state index in [2.05, 4.69) is 15.9 Å². The lowest BCUT2D eigenvalue weighted by molar-refractivity contribution is 0.308. The molecule has 0 fully saturated rings. The molecule has 1 rings (SSSR count). The largest absolute Gasteiger partial charge is 0.493 e. The number of ether oxygens (including phenoxy) is 1. The number of rotatable bonds is 5. The van der Waals surface area contributed by atoms with Crippen LogP contribution in [0.2, 0.25) is 5.02 Å². The van der Waals surface area contributed by atoms with E-state index < -0.39 is 0 Å². The second-order valence-corrected chi connectivity index (χ2v) is 4.38. The Bertz CT molecular complexity index is 289. The molecule has 14 heavy (non-hydrogen) atoms. The van der Waals surface area contributed by atoms with Crippen molar-refractivity contribution in [2.75, 3.05) is 11.9 Å². The molecule has 0 N–H and O–H groups in total. The fourth-order valence-electron chi connectivity index (χ4n) is 1.15. The van der Waals surface area contributed by atoms with Crippen LogP contribution in [0.15, 0.2) is 18.2 Å². The Kier molecular flexibility index (Phi) is 5.34. The number of halogens is 2. The summed E-state index contributed by atoms with van der Waals surface area (Å²) in [7, 11) is 0. The van der Waals surface area contributed by atoms with Crippen molar-refractivity contribution in [1.29, 1.82) is 0 Å². The summed E-state index contributed by atoms with van der Waals surface area (Å²) < 4.78 is 5.61. The maximum atomic E-state index is 5.84. The maximum absolute atomic E-state index is 5.84. The van der Waals surface area contributed by atoms with Crippen molar-refractivity contribution < 1.29 is 4.74 Å². The molecule has 0 aliphatic rings. The number of benzene rings is 1. The summed E-state index contributed by atoms with van der Waals surface area (Å²) in [6, 6.07) is 5.70. The highest BCUT2D eigenvalue weighted by atomic mass is 79.9. The SMILES string of the molecule is Cc1cc(Cl)ccc1OCCCCBr. The summed E-state index contributed by atoms with van der Waals surface area (Å²) in [5.74, 6) is 0.934. The van der Waals surface area contributed by atoms with Crippen LogP contribution in [0, 0.1) is 6.92 Å². The summed E-state index contributed by atoms with van der Waals surface area (Å²) in [5, 5.41) is 1.80. The van der Waals surface area contributed by atoms with Crippen LogP contribution in [0.25, 0.3) is 0 Å². The van der Waals surface area contributed by atoms with Crippen LogP contribution in [0.1, 0.15) is 18.4 Å². The highest BCUT2D eigenvalue weighted by Crippen LogP contribution is 2.21. The Balaban J connectivity index is 2.42. The number of unbranched alkanes of at least 4 members (excludes halogenated alkanes) is 1. The van der Waals surface area contributed by atoms with Gasteiger partial charge in [-0.15, -0.1) is 0 Å². The van der Waals surface area contributed by atoms with Crippen molar-refractivity contribution in [2.45, 2.75) is 19.8 Å². The van der Waals surface area contributed by atoms with Gasteiger partial charge in [0.2, 0.25) is 0 Å². The highest BCUT2D eigenvalue weighted by Gasteiger charge is 1.99. The fraction of sp³-hybridized carbons (Fsp3) is 0.455. The first-order valence-electron chi connectivity index (χ1n) is 4.69. The molecule has 0 unspecified atom stereocenters. The summed E-state index contributed by atoms with van der Waals surface area (Å²) >= 11 is 9.23.